The van der Waals surface area contributed by atoms with E-state index in [2.05, 4.69) is 39.5 Å². The predicted octanol–water partition coefficient (Wildman–Crippen LogP) is 2.31. The Bertz CT molecular complexity index is 705. The van der Waals surface area contributed by atoms with Gasteiger partial charge in [0.2, 0.25) is 0 Å². The van der Waals surface area contributed by atoms with E-state index in [9.17, 15) is 4.79 Å². The highest BCUT2D eigenvalue weighted by Gasteiger charge is 2.23. The van der Waals surface area contributed by atoms with Crippen LogP contribution in [-0.4, -0.2) is 41.5 Å². The molecule has 1 aliphatic rings. The Hall–Kier alpha value is -2.61. The van der Waals surface area contributed by atoms with Crippen LogP contribution >= 0.6 is 0 Å². The average Bonchev–Trinajstić information content (AvgIpc) is 2.98. The number of rotatable bonds is 4. The number of carbonyl (C=O) groups is 1. The molecular weight excluding hydrogens is 322 g/mol. The smallest absolute Gasteiger partial charge is 0.319 e. The molecule has 0 radical (unpaired) electrons. The van der Waals surface area contributed by atoms with Crippen LogP contribution in [0.4, 0.5) is 16.3 Å². The van der Waals surface area contributed by atoms with Gasteiger partial charge in [-0.2, -0.15) is 0 Å². The van der Waals surface area contributed by atoms with Crippen LogP contribution in [-0.2, 0) is 11.3 Å². The first-order valence-corrected chi connectivity index (χ1v) is 8.33. The quantitative estimate of drug-likeness (QED) is 0.883. The van der Waals surface area contributed by atoms with Crippen LogP contribution < -0.4 is 15.5 Å². The summed E-state index contributed by atoms with van der Waals surface area (Å²) in [5, 5.41) is 9.30. The fraction of sp³-hybridized carbons (Fsp3) is 0.471. The summed E-state index contributed by atoms with van der Waals surface area (Å²) in [6.45, 7) is 7.83. The molecule has 2 amide bonds. The topological polar surface area (TPSA) is 92.5 Å². The summed E-state index contributed by atoms with van der Waals surface area (Å²) in [5.74, 6) is 1.59. The summed E-state index contributed by atoms with van der Waals surface area (Å²) in [6.07, 6.45) is 2.00. The zero-order valence-electron chi connectivity index (χ0n) is 14.7. The molecule has 1 aliphatic heterocycles. The van der Waals surface area contributed by atoms with Crippen LogP contribution in [0.2, 0.25) is 0 Å². The predicted molar refractivity (Wildman–Crippen MR) is 93.6 cm³/mol. The van der Waals surface area contributed by atoms with Gasteiger partial charge in [0.25, 0.3) is 0 Å². The number of aryl methyl sites for hydroxylation is 1. The van der Waals surface area contributed by atoms with E-state index in [1.165, 1.54) is 0 Å². The number of nitrogens with one attached hydrogen (secondary N) is 2. The van der Waals surface area contributed by atoms with Crippen LogP contribution in [0.3, 0.4) is 0 Å². The maximum Gasteiger partial charge on any atom is 0.319 e. The third kappa shape index (κ3) is 4.69. The molecule has 134 valence electrons. The van der Waals surface area contributed by atoms with E-state index in [0.29, 0.717) is 23.7 Å². The van der Waals surface area contributed by atoms with Crippen molar-refractivity contribution in [3.8, 4) is 0 Å². The van der Waals surface area contributed by atoms with Crippen molar-refractivity contribution in [1.82, 2.24) is 15.5 Å². The normalized spacial score (nSPS) is 20.4. The number of morpholine rings is 1. The van der Waals surface area contributed by atoms with Gasteiger partial charge in [-0.1, -0.05) is 5.16 Å². The first kappa shape index (κ1) is 17.2. The van der Waals surface area contributed by atoms with Crippen LogP contribution in [0.1, 0.15) is 25.3 Å². The number of hydrogen-bond donors (Lipinski definition) is 2. The SMILES string of the molecule is Cc1cc(CNC(=O)Nc2ccc(N3C[C@H](C)O[C@@H](C)C3)nc2)no1. The highest BCUT2D eigenvalue weighted by atomic mass is 16.5. The first-order chi connectivity index (χ1) is 12.0. The van der Waals surface area contributed by atoms with E-state index in [-0.39, 0.29) is 18.2 Å². The van der Waals surface area contributed by atoms with Crippen molar-refractivity contribution < 1.29 is 14.1 Å². The fourth-order valence-corrected chi connectivity index (χ4v) is 2.86. The van der Waals surface area contributed by atoms with Crippen molar-refractivity contribution in [1.29, 1.82) is 0 Å². The van der Waals surface area contributed by atoms with E-state index in [1.54, 1.807) is 19.2 Å². The van der Waals surface area contributed by atoms with Gasteiger partial charge in [0.15, 0.2) is 0 Å². The van der Waals surface area contributed by atoms with Crippen molar-refractivity contribution in [3.05, 3.63) is 35.9 Å². The Kier molecular flexibility index (Phi) is 5.18. The molecular formula is C17H23N5O3. The second-order valence-electron chi connectivity index (χ2n) is 6.30. The molecule has 2 atom stereocenters. The second kappa shape index (κ2) is 7.52. The summed E-state index contributed by atoms with van der Waals surface area (Å²) in [4.78, 5) is 18.6. The highest BCUT2D eigenvalue weighted by Crippen LogP contribution is 2.19. The van der Waals surface area contributed by atoms with E-state index in [0.717, 1.165) is 18.9 Å². The van der Waals surface area contributed by atoms with Gasteiger partial charge >= 0.3 is 6.03 Å². The number of pyridine rings is 1. The first-order valence-electron chi connectivity index (χ1n) is 8.33. The molecule has 0 saturated carbocycles. The Morgan fingerprint density at radius 3 is 2.68 bits per heavy atom. The van der Waals surface area contributed by atoms with Crippen LogP contribution in [0.5, 0.6) is 0 Å². The van der Waals surface area contributed by atoms with Crippen LogP contribution in [0, 0.1) is 6.92 Å². The number of carbonyl (C=O) groups excluding carboxylic acids is 1. The van der Waals surface area contributed by atoms with Gasteiger partial charge in [-0.05, 0) is 32.9 Å². The molecule has 1 saturated heterocycles. The van der Waals surface area contributed by atoms with Gasteiger partial charge in [0.1, 0.15) is 17.3 Å². The summed E-state index contributed by atoms with van der Waals surface area (Å²) < 4.78 is 10.7. The van der Waals surface area contributed by atoms with Gasteiger partial charge in [0.05, 0.1) is 30.6 Å². The molecule has 2 aromatic rings. The number of ether oxygens (including phenoxy) is 1. The van der Waals surface area contributed by atoms with Crippen molar-refractivity contribution >= 4 is 17.5 Å². The third-order valence-corrected chi connectivity index (χ3v) is 3.86. The van der Waals surface area contributed by atoms with Gasteiger partial charge in [-0.15, -0.1) is 0 Å². The number of urea groups is 1. The Morgan fingerprint density at radius 1 is 1.32 bits per heavy atom. The molecule has 2 N–H and O–H groups in total. The summed E-state index contributed by atoms with van der Waals surface area (Å²) >= 11 is 0. The zero-order valence-corrected chi connectivity index (χ0v) is 14.7. The largest absolute Gasteiger partial charge is 0.372 e. The monoisotopic (exact) mass is 345 g/mol. The van der Waals surface area contributed by atoms with E-state index >= 15 is 0 Å². The summed E-state index contributed by atoms with van der Waals surface area (Å²) in [6, 6.07) is 5.21. The molecule has 2 aromatic heterocycles. The van der Waals surface area contributed by atoms with Crippen molar-refractivity contribution in [2.75, 3.05) is 23.3 Å². The van der Waals surface area contributed by atoms with Crippen molar-refractivity contribution in [3.63, 3.8) is 0 Å². The summed E-state index contributed by atoms with van der Waals surface area (Å²) in [5.41, 5.74) is 1.31. The van der Waals surface area contributed by atoms with E-state index < -0.39 is 0 Å². The van der Waals surface area contributed by atoms with Crippen molar-refractivity contribution in [2.24, 2.45) is 0 Å². The number of aromatic nitrogens is 2. The van der Waals surface area contributed by atoms with Gasteiger partial charge in [-0.3, -0.25) is 0 Å². The minimum atomic E-state index is -0.316. The summed E-state index contributed by atoms with van der Waals surface area (Å²) in [7, 11) is 0. The standard InChI is InChI=1S/C17H23N5O3/c1-11-6-15(21-25-11)8-19-17(23)20-14-4-5-16(18-7-14)22-9-12(2)24-13(3)10-22/h4-7,12-13H,8-10H2,1-3H3,(H2,19,20,23)/t12-,13-/m0/s1. The lowest BCUT2D eigenvalue weighted by Gasteiger charge is -2.36. The van der Waals surface area contributed by atoms with E-state index in [4.69, 9.17) is 9.26 Å². The lowest BCUT2D eigenvalue weighted by atomic mass is 10.2. The fourth-order valence-electron chi connectivity index (χ4n) is 2.86. The molecule has 3 heterocycles. The molecule has 0 aromatic carbocycles. The molecule has 1 fully saturated rings. The Labute approximate surface area is 146 Å². The molecule has 0 spiro atoms. The highest BCUT2D eigenvalue weighted by molar-refractivity contribution is 5.89. The van der Waals surface area contributed by atoms with Gasteiger partial charge in [-0.25, -0.2) is 9.78 Å². The lowest BCUT2D eigenvalue weighted by Crippen LogP contribution is -2.45. The zero-order chi connectivity index (χ0) is 17.8. The molecule has 0 aliphatic carbocycles. The van der Waals surface area contributed by atoms with Gasteiger partial charge in [0, 0.05) is 19.2 Å². The number of hydrogen-bond acceptors (Lipinski definition) is 6. The van der Waals surface area contributed by atoms with Crippen molar-refractivity contribution in [2.45, 2.75) is 39.5 Å². The maximum absolute atomic E-state index is 11.9. The number of amides is 2. The average molecular weight is 345 g/mol. The van der Waals surface area contributed by atoms with Crippen LogP contribution in [0.15, 0.2) is 28.9 Å². The third-order valence-electron chi connectivity index (χ3n) is 3.86. The Balaban J connectivity index is 1.52. The minimum Gasteiger partial charge on any atom is -0.372 e. The molecule has 0 unspecified atom stereocenters. The molecule has 25 heavy (non-hydrogen) atoms. The minimum absolute atomic E-state index is 0.175. The maximum atomic E-state index is 11.9. The molecule has 8 heteroatoms. The lowest BCUT2D eigenvalue weighted by molar-refractivity contribution is -0.00545. The molecule has 0 bridgehead atoms. The number of anilines is 2. The van der Waals surface area contributed by atoms with Gasteiger partial charge < -0.3 is 24.8 Å². The van der Waals surface area contributed by atoms with Crippen LogP contribution in [0.25, 0.3) is 0 Å². The molecule has 8 nitrogen and oxygen atoms in total. The second-order valence-corrected chi connectivity index (χ2v) is 6.30. The van der Waals surface area contributed by atoms with E-state index in [1.807, 2.05) is 12.1 Å². The Morgan fingerprint density at radius 2 is 2.08 bits per heavy atom. The molecule has 3 rings (SSSR count). The number of nitrogens with zero attached hydrogens (tertiary/aromatic N) is 3.